The maximum atomic E-state index is 12.0. The molecular weight excluding hydrogens is 228 g/mol. The molecule has 0 aromatic carbocycles. The average molecular weight is 256 g/mol. The lowest BCUT2D eigenvalue weighted by Crippen LogP contribution is -2.41. The van der Waals surface area contributed by atoms with Crippen molar-refractivity contribution in [3.05, 3.63) is 0 Å². The molecule has 4 nitrogen and oxygen atoms in total. The van der Waals surface area contributed by atoms with Crippen molar-refractivity contribution >= 4 is 5.91 Å². The van der Waals surface area contributed by atoms with Crippen LogP contribution in [0.2, 0.25) is 0 Å². The van der Waals surface area contributed by atoms with Gasteiger partial charge in [-0.25, -0.2) is 0 Å². The molecule has 1 aliphatic heterocycles. The Morgan fingerprint density at radius 2 is 2.22 bits per heavy atom. The molecule has 0 aromatic heterocycles. The quantitative estimate of drug-likeness (QED) is 0.703. The number of carbonyl (C=O) groups excluding carboxylic acids is 1. The Hall–Kier alpha value is -0.610. The molecule has 1 rings (SSSR count). The lowest BCUT2D eigenvalue weighted by atomic mass is 9.95. The van der Waals surface area contributed by atoms with Crippen LogP contribution in [0, 0.1) is 11.3 Å². The van der Waals surface area contributed by atoms with Crippen LogP contribution in [0.1, 0.15) is 40.0 Å². The summed E-state index contributed by atoms with van der Waals surface area (Å²) in [5.74, 6) is 0.903. The van der Waals surface area contributed by atoms with Crippen LogP contribution < -0.4 is 5.32 Å². The largest absolute Gasteiger partial charge is 0.396 e. The molecule has 0 bridgehead atoms. The maximum Gasteiger partial charge on any atom is 0.223 e. The first-order valence-electron chi connectivity index (χ1n) is 7.04. The fraction of sp³-hybridized carbons (Fsp3) is 0.929. The number of nitrogens with zero attached hydrogens (tertiary/aromatic N) is 1. The monoisotopic (exact) mass is 256 g/mol. The minimum atomic E-state index is -0.108. The zero-order valence-electron chi connectivity index (χ0n) is 12.0. The van der Waals surface area contributed by atoms with Crippen molar-refractivity contribution in [1.82, 2.24) is 10.2 Å². The van der Waals surface area contributed by atoms with Gasteiger partial charge < -0.3 is 15.3 Å². The molecule has 0 radical (unpaired) electrons. The predicted octanol–water partition coefficient (Wildman–Crippen LogP) is 1.24. The lowest BCUT2D eigenvalue weighted by molar-refractivity contribution is -0.132. The number of aliphatic hydroxyl groups excluding tert-OH is 1. The number of nitrogens with one attached hydrogen (secondary N) is 1. The Balaban J connectivity index is 2.17. The highest BCUT2D eigenvalue weighted by Crippen LogP contribution is 2.16. The number of likely N-dealkylation sites (tertiary alicyclic amines) is 1. The zero-order chi connectivity index (χ0) is 13.6. The molecule has 1 atom stereocenters. The molecule has 2 N–H and O–H groups in total. The van der Waals surface area contributed by atoms with Crippen molar-refractivity contribution in [2.24, 2.45) is 11.3 Å². The highest BCUT2D eigenvalue weighted by Gasteiger charge is 2.21. The molecule has 0 spiro atoms. The van der Waals surface area contributed by atoms with Crippen molar-refractivity contribution in [3.63, 3.8) is 0 Å². The van der Waals surface area contributed by atoms with E-state index in [1.807, 2.05) is 18.7 Å². The molecule has 0 aliphatic carbocycles. The van der Waals surface area contributed by atoms with Gasteiger partial charge >= 0.3 is 0 Å². The van der Waals surface area contributed by atoms with Crippen molar-refractivity contribution in [2.45, 2.75) is 40.0 Å². The normalized spacial score (nSPS) is 21.1. The van der Waals surface area contributed by atoms with Gasteiger partial charge in [-0.15, -0.1) is 0 Å². The molecule has 1 amide bonds. The van der Waals surface area contributed by atoms with E-state index in [4.69, 9.17) is 5.11 Å². The number of amides is 1. The van der Waals surface area contributed by atoms with E-state index in [9.17, 15) is 4.79 Å². The molecule has 1 saturated heterocycles. The Morgan fingerprint density at radius 3 is 2.83 bits per heavy atom. The summed E-state index contributed by atoms with van der Waals surface area (Å²) in [4.78, 5) is 14.0. The van der Waals surface area contributed by atoms with E-state index in [-0.39, 0.29) is 17.9 Å². The lowest BCUT2D eigenvalue weighted by Gasteiger charge is -2.31. The number of aliphatic hydroxyl groups is 1. The molecule has 1 fully saturated rings. The van der Waals surface area contributed by atoms with E-state index in [2.05, 4.69) is 12.2 Å². The van der Waals surface area contributed by atoms with Gasteiger partial charge in [0.05, 0.1) is 0 Å². The van der Waals surface area contributed by atoms with Crippen molar-refractivity contribution in [1.29, 1.82) is 0 Å². The van der Waals surface area contributed by atoms with Gasteiger partial charge in [-0.1, -0.05) is 20.8 Å². The Morgan fingerprint density at radius 1 is 1.50 bits per heavy atom. The fourth-order valence-electron chi connectivity index (χ4n) is 2.25. The van der Waals surface area contributed by atoms with Gasteiger partial charge in [0.25, 0.3) is 0 Å². The van der Waals surface area contributed by atoms with Crippen molar-refractivity contribution < 1.29 is 9.90 Å². The first-order chi connectivity index (χ1) is 8.44. The smallest absolute Gasteiger partial charge is 0.223 e. The highest BCUT2D eigenvalue weighted by molar-refractivity contribution is 5.76. The molecular formula is C14H28N2O2. The first kappa shape index (κ1) is 15.4. The summed E-state index contributed by atoms with van der Waals surface area (Å²) in [6.45, 7) is 9.67. The SMILES string of the molecule is C[C@H]1CCCN(C(=O)CCNCC(C)(C)CO)C1. The van der Waals surface area contributed by atoms with Gasteiger partial charge in [0, 0.05) is 44.6 Å². The Labute approximate surface area is 111 Å². The first-order valence-corrected chi connectivity index (χ1v) is 7.04. The molecule has 1 aliphatic rings. The number of hydrogen-bond donors (Lipinski definition) is 2. The Kier molecular flexibility index (Phi) is 6.09. The molecule has 4 heteroatoms. The topological polar surface area (TPSA) is 52.6 Å². The zero-order valence-corrected chi connectivity index (χ0v) is 12.0. The number of piperidine rings is 1. The van der Waals surface area contributed by atoms with E-state index in [1.165, 1.54) is 6.42 Å². The van der Waals surface area contributed by atoms with Gasteiger partial charge in [-0.05, 0) is 18.8 Å². The summed E-state index contributed by atoms with van der Waals surface area (Å²) < 4.78 is 0. The van der Waals surface area contributed by atoms with Gasteiger partial charge in [0.1, 0.15) is 0 Å². The minimum Gasteiger partial charge on any atom is -0.396 e. The number of carbonyl (C=O) groups is 1. The molecule has 106 valence electrons. The van der Waals surface area contributed by atoms with E-state index in [1.54, 1.807) is 0 Å². The second-order valence-corrected chi connectivity index (χ2v) is 6.34. The van der Waals surface area contributed by atoms with Crippen molar-refractivity contribution in [3.8, 4) is 0 Å². The average Bonchev–Trinajstić information content (AvgIpc) is 2.34. The van der Waals surface area contributed by atoms with E-state index < -0.39 is 0 Å². The van der Waals surface area contributed by atoms with Gasteiger partial charge in [-0.2, -0.15) is 0 Å². The summed E-state index contributed by atoms with van der Waals surface area (Å²) in [5.41, 5.74) is -0.108. The number of rotatable bonds is 6. The minimum absolute atomic E-state index is 0.108. The summed E-state index contributed by atoms with van der Waals surface area (Å²) in [6.07, 6.45) is 2.94. The summed E-state index contributed by atoms with van der Waals surface area (Å²) in [6, 6.07) is 0. The molecule has 0 saturated carbocycles. The van der Waals surface area contributed by atoms with E-state index in [0.29, 0.717) is 18.9 Å². The second kappa shape index (κ2) is 7.10. The van der Waals surface area contributed by atoms with Crippen LogP contribution in [0.25, 0.3) is 0 Å². The van der Waals surface area contributed by atoms with Crippen LogP contribution in [0.3, 0.4) is 0 Å². The van der Waals surface area contributed by atoms with Crippen LogP contribution in [0.4, 0.5) is 0 Å². The van der Waals surface area contributed by atoms with Crippen molar-refractivity contribution in [2.75, 3.05) is 32.8 Å². The molecule has 18 heavy (non-hydrogen) atoms. The number of hydrogen-bond acceptors (Lipinski definition) is 3. The summed E-state index contributed by atoms with van der Waals surface area (Å²) >= 11 is 0. The summed E-state index contributed by atoms with van der Waals surface area (Å²) in [5, 5.41) is 12.4. The Bertz CT molecular complexity index is 267. The molecule has 1 heterocycles. The van der Waals surface area contributed by atoms with Gasteiger partial charge in [-0.3, -0.25) is 4.79 Å². The predicted molar refractivity (Wildman–Crippen MR) is 73.3 cm³/mol. The van der Waals surface area contributed by atoms with Crippen LogP contribution in [-0.4, -0.2) is 48.7 Å². The summed E-state index contributed by atoms with van der Waals surface area (Å²) in [7, 11) is 0. The highest BCUT2D eigenvalue weighted by atomic mass is 16.3. The van der Waals surface area contributed by atoms with Crippen LogP contribution in [0.5, 0.6) is 0 Å². The standard InChI is InChI=1S/C14H28N2O2/c1-12-5-4-8-16(9-12)13(18)6-7-15-10-14(2,3)11-17/h12,15,17H,4-11H2,1-3H3/t12-/m0/s1. The van der Waals surface area contributed by atoms with Crippen LogP contribution in [0.15, 0.2) is 0 Å². The van der Waals surface area contributed by atoms with Crippen LogP contribution in [-0.2, 0) is 4.79 Å². The van der Waals surface area contributed by atoms with E-state index in [0.717, 1.165) is 26.1 Å². The molecule has 0 aromatic rings. The van der Waals surface area contributed by atoms with Gasteiger partial charge in [0.15, 0.2) is 0 Å². The van der Waals surface area contributed by atoms with Gasteiger partial charge in [0.2, 0.25) is 5.91 Å². The second-order valence-electron chi connectivity index (χ2n) is 6.34. The van der Waals surface area contributed by atoms with E-state index >= 15 is 0 Å². The van der Waals surface area contributed by atoms with Crippen LogP contribution >= 0.6 is 0 Å². The third kappa shape index (κ3) is 5.36. The maximum absolute atomic E-state index is 12.0. The third-order valence-corrected chi connectivity index (χ3v) is 3.56. The molecule has 0 unspecified atom stereocenters. The third-order valence-electron chi connectivity index (χ3n) is 3.56. The fourth-order valence-corrected chi connectivity index (χ4v) is 2.25.